The van der Waals surface area contributed by atoms with Gasteiger partial charge in [0.1, 0.15) is 0 Å². The molecule has 2 aromatic rings. The van der Waals surface area contributed by atoms with Crippen molar-refractivity contribution in [1.29, 1.82) is 0 Å². The quantitative estimate of drug-likeness (QED) is 0.198. The lowest BCUT2D eigenvalue weighted by Gasteiger charge is -2.08. The molecule has 0 saturated carbocycles. The number of benzene rings is 2. The monoisotopic (exact) mass is 490 g/mol. The van der Waals surface area contributed by atoms with Gasteiger partial charge in [-0.3, -0.25) is 9.59 Å². The fourth-order valence-electron chi connectivity index (χ4n) is 3.59. The summed E-state index contributed by atoms with van der Waals surface area (Å²) in [5.74, 6) is -0.0217. The second kappa shape index (κ2) is 18.1. The molecule has 0 aliphatic carbocycles. The van der Waals surface area contributed by atoms with Crippen LogP contribution < -0.4 is 21.3 Å². The second-order valence-electron chi connectivity index (χ2n) is 8.90. The van der Waals surface area contributed by atoms with Gasteiger partial charge in [-0.05, 0) is 89.0 Å². The van der Waals surface area contributed by atoms with Crippen LogP contribution in [0.4, 0.5) is 0 Å². The Morgan fingerprint density at radius 1 is 0.556 bits per heavy atom. The van der Waals surface area contributed by atoms with Crippen molar-refractivity contribution in [2.24, 2.45) is 0 Å². The Hall–Kier alpha value is -3.22. The van der Waals surface area contributed by atoms with Crippen molar-refractivity contribution >= 4 is 24.0 Å². The summed E-state index contributed by atoms with van der Waals surface area (Å²) >= 11 is 0. The van der Waals surface area contributed by atoms with Crippen LogP contribution in [0, 0.1) is 0 Å². The first-order chi connectivity index (χ1) is 17.6. The molecule has 0 atom stereocenters. The van der Waals surface area contributed by atoms with Crippen molar-refractivity contribution in [3.8, 4) is 0 Å². The van der Waals surface area contributed by atoms with Gasteiger partial charge < -0.3 is 21.3 Å². The second-order valence-corrected chi connectivity index (χ2v) is 8.90. The van der Waals surface area contributed by atoms with Crippen LogP contribution in [-0.4, -0.2) is 51.1 Å². The first kappa shape index (κ1) is 29.0. The van der Waals surface area contributed by atoms with Crippen molar-refractivity contribution < 1.29 is 9.59 Å². The summed E-state index contributed by atoms with van der Waals surface area (Å²) in [6.45, 7) is 8.78. The number of carbonyl (C=O) groups excluding carboxylic acids is 2. The molecule has 2 amide bonds. The molecule has 6 nitrogen and oxygen atoms in total. The SMILES string of the molecule is C/C(=C\c1ccccc1)C(=O)NCCCNCCCCNCCCNC(=O)/C(C)=C/c1ccccc1. The van der Waals surface area contributed by atoms with Crippen LogP contribution in [0.1, 0.15) is 50.7 Å². The number of hydrogen-bond donors (Lipinski definition) is 4. The summed E-state index contributed by atoms with van der Waals surface area (Å²) in [7, 11) is 0. The zero-order valence-corrected chi connectivity index (χ0v) is 21.8. The molecule has 0 heterocycles. The highest BCUT2D eigenvalue weighted by Gasteiger charge is 2.04. The molecule has 4 N–H and O–H groups in total. The molecule has 0 spiro atoms. The van der Waals surface area contributed by atoms with Crippen molar-refractivity contribution in [3.05, 3.63) is 82.9 Å². The maximum atomic E-state index is 12.1. The largest absolute Gasteiger partial charge is 0.352 e. The molecule has 0 bridgehead atoms. The highest BCUT2D eigenvalue weighted by molar-refractivity contribution is 5.97. The Balaban J connectivity index is 1.38. The van der Waals surface area contributed by atoms with E-state index in [1.54, 1.807) is 0 Å². The molecule has 2 aromatic carbocycles. The van der Waals surface area contributed by atoms with Gasteiger partial charge in [0.15, 0.2) is 0 Å². The van der Waals surface area contributed by atoms with Crippen LogP contribution in [0.2, 0.25) is 0 Å². The van der Waals surface area contributed by atoms with E-state index in [0.29, 0.717) is 13.1 Å². The molecule has 0 aliphatic rings. The third kappa shape index (κ3) is 13.0. The van der Waals surface area contributed by atoms with E-state index < -0.39 is 0 Å². The van der Waals surface area contributed by atoms with Crippen LogP contribution in [0.25, 0.3) is 12.2 Å². The number of hydrogen-bond acceptors (Lipinski definition) is 4. The maximum absolute atomic E-state index is 12.1. The summed E-state index contributed by atoms with van der Waals surface area (Å²) in [5, 5.41) is 12.8. The molecule has 0 unspecified atom stereocenters. The van der Waals surface area contributed by atoms with Crippen molar-refractivity contribution in [2.75, 3.05) is 39.3 Å². The number of nitrogens with one attached hydrogen (secondary N) is 4. The lowest BCUT2D eigenvalue weighted by Crippen LogP contribution is -2.29. The fraction of sp³-hybridized carbons (Fsp3) is 0.400. The van der Waals surface area contributed by atoms with Gasteiger partial charge in [-0.2, -0.15) is 0 Å². The van der Waals surface area contributed by atoms with E-state index in [1.165, 1.54) is 0 Å². The molecule has 0 saturated heterocycles. The van der Waals surface area contributed by atoms with Crippen LogP contribution >= 0.6 is 0 Å². The van der Waals surface area contributed by atoms with Gasteiger partial charge in [-0.25, -0.2) is 0 Å². The van der Waals surface area contributed by atoms with E-state index >= 15 is 0 Å². The van der Waals surface area contributed by atoms with Gasteiger partial charge in [0, 0.05) is 24.2 Å². The van der Waals surface area contributed by atoms with Gasteiger partial charge in [-0.1, -0.05) is 60.7 Å². The highest BCUT2D eigenvalue weighted by atomic mass is 16.2. The van der Waals surface area contributed by atoms with E-state index in [4.69, 9.17) is 0 Å². The minimum Gasteiger partial charge on any atom is -0.352 e. The minimum atomic E-state index is -0.0109. The Morgan fingerprint density at radius 2 is 0.917 bits per heavy atom. The van der Waals surface area contributed by atoms with E-state index in [9.17, 15) is 9.59 Å². The molecule has 194 valence electrons. The van der Waals surface area contributed by atoms with E-state index in [1.807, 2.05) is 86.7 Å². The molecule has 0 aromatic heterocycles. The summed E-state index contributed by atoms with van der Waals surface area (Å²) in [4.78, 5) is 24.3. The molecule has 6 heteroatoms. The first-order valence-electron chi connectivity index (χ1n) is 13.0. The van der Waals surface area contributed by atoms with Crippen molar-refractivity contribution in [2.45, 2.75) is 39.5 Å². The number of amides is 2. The van der Waals surface area contributed by atoms with E-state index in [2.05, 4.69) is 21.3 Å². The molecule has 0 aliphatic heterocycles. The summed E-state index contributed by atoms with van der Waals surface area (Å²) in [6.07, 6.45) is 7.85. The molecule has 0 fully saturated rings. The lowest BCUT2D eigenvalue weighted by molar-refractivity contribution is -0.118. The average molecular weight is 491 g/mol. The van der Waals surface area contributed by atoms with Crippen LogP contribution in [0.5, 0.6) is 0 Å². The Morgan fingerprint density at radius 3 is 1.31 bits per heavy atom. The Kier molecular flexibility index (Phi) is 14.6. The standard InChI is InChI=1S/C30H42N4O2/c1-25(23-27-13-5-3-6-14-27)29(35)33-21-11-19-31-17-9-10-18-32-20-12-22-34-30(36)26(2)24-28-15-7-4-8-16-28/h3-8,13-16,23-24,31-32H,9-12,17-22H2,1-2H3,(H,33,35)(H,34,36)/b25-23+,26-24+. The average Bonchev–Trinajstić information content (AvgIpc) is 2.89. The van der Waals surface area contributed by atoms with Crippen LogP contribution in [-0.2, 0) is 9.59 Å². The summed E-state index contributed by atoms with van der Waals surface area (Å²) in [6, 6.07) is 19.8. The maximum Gasteiger partial charge on any atom is 0.246 e. The van der Waals surface area contributed by atoms with Gasteiger partial charge in [0.05, 0.1) is 0 Å². The number of carbonyl (C=O) groups is 2. The summed E-state index contributed by atoms with van der Waals surface area (Å²) < 4.78 is 0. The molecule has 36 heavy (non-hydrogen) atoms. The Bertz CT molecular complexity index is 876. The molecule has 0 radical (unpaired) electrons. The molecular weight excluding hydrogens is 448 g/mol. The smallest absolute Gasteiger partial charge is 0.246 e. The normalized spacial score (nSPS) is 11.8. The fourth-order valence-corrected chi connectivity index (χ4v) is 3.59. The predicted molar refractivity (Wildman–Crippen MR) is 150 cm³/mol. The highest BCUT2D eigenvalue weighted by Crippen LogP contribution is 2.07. The van der Waals surface area contributed by atoms with Gasteiger partial charge in [0.25, 0.3) is 0 Å². The van der Waals surface area contributed by atoms with E-state index in [-0.39, 0.29) is 11.8 Å². The van der Waals surface area contributed by atoms with Gasteiger partial charge in [-0.15, -0.1) is 0 Å². The topological polar surface area (TPSA) is 82.3 Å². The van der Waals surface area contributed by atoms with Crippen LogP contribution in [0.15, 0.2) is 71.8 Å². The predicted octanol–water partition coefficient (Wildman–Crippen LogP) is 4.17. The zero-order chi connectivity index (χ0) is 25.8. The van der Waals surface area contributed by atoms with Crippen molar-refractivity contribution in [1.82, 2.24) is 21.3 Å². The minimum absolute atomic E-state index is 0.0109. The first-order valence-corrected chi connectivity index (χ1v) is 13.0. The lowest BCUT2D eigenvalue weighted by atomic mass is 10.1. The number of rotatable bonds is 17. The summed E-state index contributed by atoms with van der Waals surface area (Å²) in [5.41, 5.74) is 3.52. The third-order valence-electron chi connectivity index (χ3n) is 5.67. The molecular formula is C30H42N4O2. The van der Waals surface area contributed by atoms with Gasteiger partial charge >= 0.3 is 0 Å². The zero-order valence-electron chi connectivity index (χ0n) is 21.8. The third-order valence-corrected chi connectivity index (χ3v) is 5.67. The van der Waals surface area contributed by atoms with E-state index in [0.717, 1.165) is 74.1 Å². The molecule has 2 rings (SSSR count). The Labute approximate surface area is 216 Å². The van der Waals surface area contributed by atoms with Crippen LogP contribution in [0.3, 0.4) is 0 Å². The number of unbranched alkanes of at least 4 members (excludes halogenated alkanes) is 1. The van der Waals surface area contributed by atoms with Gasteiger partial charge in [0.2, 0.25) is 11.8 Å². The van der Waals surface area contributed by atoms with Crippen molar-refractivity contribution in [3.63, 3.8) is 0 Å².